The highest BCUT2D eigenvalue weighted by molar-refractivity contribution is 5.13. The first-order valence-electron chi connectivity index (χ1n) is 8.20. The lowest BCUT2D eigenvalue weighted by molar-refractivity contribution is 0.116. The lowest BCUT2D eigenvalue weighted by atomic mass is 9.89. The molecule has 0 spiro atoms. The van der Waals surface area contributed by atoms with Crippen LogP contribution in [-0.4, -0.2) is 6.61 Å². The third kappa shape index (κ3) is 10.0. The van der Waals surface area contributed by atoms with E-state index in [4.69, 9.17) is 4.74 Å². The summed E-state index contributed by atoms with van der Waals surface area (Å²) in [6.45, 7) is 8.65. The van der Waals surface area contributed by atoms with Crippen LogP contribution in [0.15, 0.2) is 30.3 Å². The Morgan fingerprint density at radius 3 is 2.05 bits per heavy atom. The van der Waals surface area contributed by atoms with E-state index >= 15 is 0 Å². The molecule has 0 fully saturated rings. The van der Waals surface area contributed by atoms with Crippen molar-refractivity contribution in [1.82, 2.24) is 0 Å². The Labute approximate surface area is 125 Å². The smallest absolute Gasteiger partial charge is 0.0716 e. The van der Waals surface area contributed by atoms with Gasteiger partial charge in [0.05, 0.1) is 6.61 Å². The van der Waals surface area contributed by atoms with Crippen LogP contribution >= 0.6 is 0 Å². The molecule has 1 aromatic rings. The summed E-state index contributed by atoms with van der Waals surface area (Å²) in [6, 6.07) is 10.4. The molecule has 0 atom stereocenters. The van der Waals surface area contributed by atoms with E-state index in [1.165, 1.54) is 50.5 Å². The van der Waals surface area contributed by atoms with E-state index in [2.05, 4.69) is 45.0 Å². The highest BCUT2D eigenvalue weighted by atomic mass is 16.5. The molecule has 0 saturated heterocycles. The van der Waals surface area contributed by atoms with Crippen molar-refractivity contribution in [3.05, 3.63) is 35.9 Å². The molecule has 0 bridgehead atoms. The molecule has 0 saturated carbocycles. The standard InChI is InChI=1S/C19H32O/c1-19(2,3)15-11-6-4-5-7-12-16-20-17-18-13-9-8-10-14-18/h8-10,13-14H,4-7,11-12,15-17H2,1-3H3. The molecule has 0 aromatic heterocycles. The summed E-state index contributed by atoms with van der Waals surface area (Å²) in [4.78, 5) is 0. The molecule has 0 N–H and O–H groups in total. The van der Waals surface area contributed by atoms with Crippen LogP contribution in [0.2, 0.25) is 0 Å². The van der Waals surface area contributed by atoms with Crippen molar-refractivity contribution in [2.75, 3.05) is 6.61 Å². The highest BCUT2D eigenvalue weighted by Gasteiger charge is 2.08. The molecule has 20 heavy (non-hydrogen) atoms. The molecule has 1 heteroatoms. The predicted molar refractivity (Wildman–Crippen MR) is 87.9 cm³/mol. The second kappa shape index (κ2) is 9.99. The zero-order valence-electron chi connectivity index (χ0n) is 13.7. The number of unbranched alkanes of at least 4 members (excludes halogenated alkanes) is 5. The molecule has 0 aliphatic carbocycles. The Bertz CT molecular complexity index is 323. The topological polar surface area (TPSA) is 9.23 Å². The minimum atomic E-state index is 0.505. The first kappa shape index (κ1) is 17.2. The van der Waals surface area contributed by atoms with Crippen molar-refractivity contribution in [2.45, 2.75) is 72.3 Å². The molecule has 1 rings (SSSR count). The fraction of sp³-hybridized carbons (Fsp3) is 0.684. The van der Waals surface area contributed by atoms with Gasteiger partial charge < -0.3 is 4.74 Å². The highest BCUT2D eigenvalue weighted by Crippen LogP contribution is 2.22. The van der Waals surface area contributed by atoms with Crippen molar-refractivity contribution >= 4 is 0 Å². The van der Waals surface area contributed by atoms with Gasteiger partial charge in [-0.05, 0) is 23.8 Å². The Hall–Kier alpha value is -0.820. The largest absolute Gasteiger partial charge is 0.377 e. The molecule has 0 radical (unpaired) electrons. The molecule has 114 valence electrons. The normalized spacial score (nSPS) is 11.8. The van der Waals surface area contributed by atoms with E-state index in [0.717, 1.165) is 13.2 Å². The summed E-state index contributed by atoms with van der Waals surface area (Å²) >= 11 is 0. The fourth-order valence-electron chi connectivity index (χ4n) is 2.33. The Morgan fingerprint density at radius 2 is 1.40 bits per heavy atom. The number of hydrogen-bond donors (Lipinski definition) is 0. The Morgan fingerprint density at radius 1 is 0.800 bits per heavy atom. The van der Waals surface area contributed by atoms with Gasteiger partial charge in [-0.15, -0.1) is 0 Å². The molecule has 1 nitrogen and oxygen atoms in total. The average Bonchev–Trinajstić information content (AvgIpc) is 2.41. The summed E-state index contributed by atoms with van der Waals surface area (Å²) in [5.41, 5.74) is 1.78. The SMILES string of the molecule is CC(C)(C)CCCCCCCCOCc1ccccc1. The van der Waals surface area contributed by atoms with Crippen LogP contribution in [0, 0.1) is 5.41 Å². The van der Waals surface area contributed by atoms with Gasteiger partial charge in [0.1, 0.15) is 0 Å². The van der Waals surface area contributed by atoms with Gasteiger partial charge in [-0.2, -0.15) is 0 Å². The van der Waals surface area contributed by atoms with Gasteiger partial charge in [-0.3, -0.25) is 0 Å². The van der Waals surface area contributed by atoms with Crippen molar-refractivity contribution < 1.29 is 4.74 Å². The molecule has 0 unspecified atom stereocenters. The maximum atomic E-state index is 5.69. The lowest BCUT2D eigenvalue weighted by Gasteiger charge is -2.17. The van der Waals surface area contributed by atoms with E-state index in [-0.39, 0.29) is 0 Å². The zero-order chi connectivity index (χ0) is 14.7. The van der Waals surface area contributed by atoms with Crippen molar-refractivity contribution in [2.24, 2.45) is 5.41 Å². The van der Waals surface area contributed by atoms with Crippen LogP contribution in [0.4, 0.5) is 0 Å². The van der Waals surface area contributed by atoms with Gasteiger partial charge in [0.25, 0.3) is 0 Å². The quantitative estimate of drug-likeness (QED) is 0.478. The summed E-state index contributed by atoms with van der Waals surface area (Å²) in [6.07, 6.45) is 9.38. The van der Waals surface area contributed by atoms with Crippen molar-refractivity contribution in [3.63, 3.8) is 0 Å². The Balaban J connectivity index is 1.83. The van der Waals surface area contributed by atoms with Gasteiger partial charge in [0.15, 0.2) is 0 Å². The summed E-state index contributed by atoms with van der Waals surface area (Å²) < 4.78 is 5.69. The minimum Gasteiger partial charge on any atom is -0.377 e. The Kier molecular flexibility index (Phi) is 8.60. The first-order valence-corrected chi connectivity index (χ1v) is 8.20. The molecule has 0 aliphatic heterocycles. The van der Waals surface area contributed by atoms with E-state index in [1.807, 2.05) is 6.07 Å². The van der Waals surface area contributed by atoms with E-state index in [9.17, 15) is 0 Å². The van der Waals surface area contributed by atoms with Crippen LogP contribution in [0.25, 0.3) is 0 Å². The average molecular weight is 276 g/mol. The number of ether oxygens (including phenoxy) is 1. The maximum Gasteiger partial charge on any atom is 0.0716 e. The van der Waals surface area contributed by atoms with Crippen LogP contribution < -0.4 is 0 Å². The number of rotatable bonds is 10. The molecule has 1 aromatic carbocycles. The molecular formula is C19H32O. The minimum absolute atomic E-state index is 0.505. The van der Waals surface area contributed by atoms with Crippen molar-refractivity contribution in [1.29, 1.82) is 0 Å². The summed E-state index contributed by atoms with van der Waals surface area (Å²) in [5.74, 6) is 0. The summed E-state index contributed by atoms with van der Waals surface area (Å²) in [7, 11) is 0. The van der Waals surface area contributed by atoms with Crippen molar-refractivity contribution in [3.8, 4) is 0 Å². The third-order valence-electron chi connectivity index (χ3n) is 3.58. The third-order valence-corrected chi connectivity index (χ3v) is 3.58. The van der Waals surface area contributed by atoms with Crippen LogP contribution in [-0.2, 0) is 11.3 Å². The molecule has 0 heterocycles. The van der Waals surface area contributed by atoms with E-state index in [1.54, 1.807) is 0 Å². The van der Waals surface area contributed by atoms with Gasteiger partial charge in [-0.25, -0.2) is 0 Å². The summed E-state index contributed by atoms with van der Waals surface area (Å²) in [5, 5.41) is 0. The zero-order valence-corrected chi connectivity index (χ0v) is 13.7. The van der Waals surface area contributed by atoms with Gasteiger partial charge in [-0.1, -0.05) is 83.2 Å². The van der Waals surface area contributed by atoms with E-state index in [0.29, 0.717) is 5.41 Å². The number of benzene rings is 1. The molecule has 0 aliphatic rings. The number of hydrogen-bond acceptors (Lipinski definition) is 1. The van der Waals surface area contributed by atoms with Crippen LogP contribution in [0.1, 0.15) is 71.3 Å². The molecule has 0 amide bonds. The predicted octanol–water partition coefficient (Wildman–Crippen LogP) is 5.98. The van der Waals surface area contributed by atoms with Gasteiger partial charge >= 0.3 is 0 Å². The lowest BCUT2D eigenvalue weighted by Crippen LogP contribution is -2.03. The van der Waals surface area contributed by atoms with Gasteiger partial charge in [0.2, 0.25) is 0 Å². The fourth-order valence-corrected chi connectivity index (χ4v) is 2.33. The van der Waals surface area contributed by atoms with Gasteiger partial charge in [0, 0.05) is 6.61 Å². The second-order valence-corrected chi connectivity index (χ2v) is 6.97. The first-order chi connectivity index (χ1) is 9.58. The monoisotopic (exact) mass is 276 g/mol. The van der Waals surface area contributed by atoms with Crippen LogP contribution in [0.3, 0.4) is 0 Å². The maximum absolute atomic E-state index is 5.69. The second-order valence-electron chi connectivity index (χ2n) is 6.97. The van der Waals surface area contributed by atoms with E-state index < -0.39 is 0 Å². The molecular weight excluding hydrogens is 244 g/mol. The van der Waals surface area contributed by atoms with Crippen LogP contribution in [0.5, 0.6) is 0 Å².